The van der Waals surface area contributed by atoms with Gasteiger partial charge in [0, 0.05) is 26.2 Å². The van der Waals surface area contributed by atoms with Crippen molar-refractivity contribution in [1.29, 1.82) is 0 Å². The highest BCUT2D eigenvalue weighted by atomic mass is 15.2. The van der Waals surface area contributed by atoms with Crippen molar-refractivity contribution in [3.05, 3.63) is 0 Å². The number of guanidine groups is 1. The predicted octanol–water partition coefficient (Wildman–Crippen LogP) is 0.641. The fourth-order valence-corrected chi connectivity index (χ4v) is 2.14. The molecule has 0 bridgehead atoms. The summed E-state index contributed by atoms with van der Waals surface area (Å²) in [5.74, 6) is 1.29. The van der Waals surface area contributed by atoms with Gasteiger partial charge in [-0.05, 0) is 25.3 Å². The molecule has 0 saturated carbocycles. The standard InChI is InChI=1S/C11H24N4/c1-9(2)8-15-6-4-5-10(15)7-14-11(12)13-3/h9-10H,4-8H2,1-3H3,(H3,12,13,14)/t10-/m1/s1. The molecule has 1 aliphatic rings. The molecule has 88 valence electrons. The molecule has 3 N–H and O–H groups in total. The molecule has 0 amide bonds. The van der Waals surface area contributed by atoms with Crippen LogP contribution in [0.15, 0.2) is 4.99 Å². The Morgan fingerprint density at radius 3 is 2.93 bits per heavy atom. The van der Waals surface area contributed by atoms with E-state index < -0.39 is 0 Å². The maximum Gasteiger partial charge on any atom is 0.188 e. The van der Waals surface area contributed by atoms with E-state index >= 15 is 0 Å². The van der Waals surface area contributed by atoms with Crippen molar-refractivity contribution in [1.82, 2.24) is 10.2 Å². The summed E-state index contributed by atoms with van der Waals surface area (Å²) < 4.78 is 0. The molecule has 1 aliphatic heterocycles. The third-order valence-corrected chi connectivity index (χ3v) is 2.86. The minimum atomic E-state index is 0.548. The molecule has 0 aliphatic carbocycles. The molecule has 0 spiro atoms. The second kappa shape index (κ2) is 5.95. The quantitative estimate of drug-likeness (QED) is 0.531. The lowest BCUT2D eigenvalue weighted by molar-refractivity contribution is 0.227. The number of aliphatic imine (C=N–C) groups is 1. The van der Waals surface area contributed by atoms with E-state index in [9.17, 15) is 0 Å². The maximum absolute atomic E-state index is 5.62. The normalized spacial score (nSPS) is 23.7. The number of nitrogens with two attached hydrogens (primary N) is 1. The molecule has 15 heavy (non-hydrogen) atoms. The molecule has 0 aromatic carbocycles. The molecule has 0 aromatic heterocycles. The molecule has 0 unspecified atom stereocenters. The topological polar surface area (TPSA) is 53.6 Å². The van der Waals surface area contributed by atoms with E-state index in [4.69, 9.17) is 5.73 Å². The van der Waals surface area contributed by atoms with Gasteiger partial charge >= 0.3 is 0 Å². The van der Waals surface area contributed by atoms with Gasteiger partial charge in [-0.3, -0.25) is 9.89 Å². The second-order valence-electron chi connectivity index (χ2n) is 4.67. The van der Waals surface area contributed by atoms with Crippen LogP contribution in [0.4, 0.5) is 0 Å². The van der Waals surface area contributed by atoms with Crippen LogP contribution in [0, 0.1) is 5.92 Å². The first-order valence-electron chi connectivity index (χ1n) is 5.83. The number of hydrogen-bond acceptors (Lipinski definition) is 2. The number of nitrogens with zero attached hydrogens (tertiary/aromatic N) is 2. The van der Waals surface area contributed by atoms with Gasteiger partial charge in [0.05, 0.1) is 0 Å². The highest BCUT2D eigenvalue weighted by Gasteiger charge is 2.24. The van der Waals surface area contributed by atoms with Gasteiger partial charge in [-0.1, -0.05) is 13.8 Å². The second-order valence-corrected chi connectivity index (χ2v) is 4.67. The van der Waals surface area contributed by atoms with Crippen LogP contribution in [0.2, 0.25) is 0 Å². The van der Waals surface area contributed by atoms with E-state index in [1.807, 2.05) is 0 Å². The zero-order valence-electron chi connectivity index (χ0n) is 10.2. The Hall–Kier alpha value is -0.770. The Kier molecular flexibility index (Phi) is 4.88. The number of hydrogen-bond donors (Lipinski definition) is 2. The molecule has 4 heteroatoms. The zero-order valence-corrected chi connectivity index (χ0v) is 10.2. The summed E-state index contributed by atoms with van der Waals surface area (Å²) in [6.07, 6.45) is 2.58. The largest absolute Gasteiger partial charge is 0.370 e. The summed E-state index contributed by atoms with van der Waals surface area (Å²) in [6.45, 7) is 7.88. The summed E-state index contributed by atoms with van der Waals surface area (Å²) >= 11 is 0. The number of likely N-dealkylation sites (tertiary alicyclic amines) is 1. The van der Waals surface area contributed by atoms with Gasteiger partial charge in [0.15, 0.2) is 5.96 Å². The van der Waals surface area contributed by atoms with Gasteiger partial charge in [0.25, 0.3) is 0 Å². The van der Waals surface area contributed by atoms with Crippen molar-refractivity contribution in [2.75, 3.05) is 26.7 Å². The van der Waals surface area contributed by atoms with Crippen LogP contribution < -0.4 is 11.1 Å². The molecule has 1 heterocycles. The molecule has 1 fully saturated rings. The Balaban J connectivity index is 2.33. The Morgan fingerprint density at radius 2 is 2.33 bits per heavy atom. The van der Waals surface area contributed by atoms with Gasteiger partial charge < -0.3 is 11.1 Å². The van der Waals surface area contributed by atoms with Crippen molar-refractivity contribution in [3.8, 4) is 0 Å². The van der Waals surface area contributed by atoms with E-state index in [0.29, 0.717) is 12.0 Å². The lowest BCUT2D eigenvalue weighted by atomic mass is 10.1. The third-order valence-electron chi connectivity index (χ3n) is 2.86. The summed E-state index contributed by atoms with van der Waals surface area (Å²) in [5, 5.41) is 3.16. The first-order valence-corrected chi connectivity index (χ1v) is 5.83. The van der Waals surface area contributed by atoms with E-state index in [1.165, 1.54) is 25.9 Å². The van der Waals surface area contributed by atoms with E-state index in [1.54, 1.807) is 7.05 Å². The summed E-state index contributed by atoms with van der Waals surface area (Å²) in [7, 11) is 1.71. The van der Waals surface area contributed by atoms with Crippen molar-refractivity contribution >= 4 is 5.96 Å². The average Bonchev–Trinajstić information content (AvgIpc) is 2.61. The number of nitrogens with one attached hydrogen (secondary N) is 1. The van der Waals surface area contributed by atoms with Gasteiger partial charge in [0.2, 0.25) is 0 Å². The van der Waals surface area contributed by atoms with Crippen LogP contribution in [-0.4, -0.2) is 43.6 Å². The molecule has 1 rings (SSSR count). The third kappa shape index (κ3) is 4.08. The van der Waals surface area contributed by atoms with Crippen LogP contribution in [0.25, 0.3) is 0 Å². The summed E-state index contributed by atoms with van der Waals surface area (Å²) in [4.78, 5) is 6.46. The maximum atomic E-state index is 5.62. The summed E-state index contributed by atoms with van der Waals surface area (Å²) in [6, 6.07) is 0.632. The van der Waals surface area contributed by atoms with Gasteiger partial charge in [0.1, 0.15) is 0 Å². The zero-order chi connectivity index (χ0) is 11.3. The lowest BCUT2D eigenvalue weighted by Crippen LogP contribution is -2.43. The molecular formula is C11H24N4. The predicted molar refractivity (Wildman–Crippen MR) is 65.0 cm³/mol. The van der Waals surface area contributed by atoms with E-state index in [0.717, 1.165) is 12.5 Å². The summed E-state index contributed by atoms with van der Waals surface area (Å²) in [5.41, 5.74) is 5.62. The molecule has 0 aromatic rings. The van der Waals surface area contributed by atoms with Crippen LogP contribution in [0.1, 0.15) is 26.7 Å². The van der Waals surface area contributed by atoms with Crippen molar-refractivity contribution < 1.29 is 0 Å². The van der Waals surface area contributed by atoms with Crippen LogP contribution in [0.5, 0.6) is 0 Å². The molecule has 4 nitrogen and oxygen atoms in total. The first kappa shape index (κ1) is 12.3. The molecule has 1 saturated heterocycles. The van der Waals surface area contributed by atoms with Crippen molar-refractivity contribution in [2.45, 2.75) is 32.7 Å². The highest BCUT2D eigenvalue weighted by Crippen LogP contribution is 2.17. The Bertz CT molecular complexity index is 213. The smallest absolute Gasteiger partial charge is 0.188 e. The SMILES string of the molecule is CN=C(N)NC[C@H]1CCCN1CC(C)C. The molecule has 1 atom stereocenters. The minimum Gasteiger partial charge on any atom is -0.370 e. The number of rotatable bonds is 4. The first-order chi connectivity index (χ1) is 7.13. The highest BCUT2D eigenvalue weighted by molar-refractivity contribution is 5.77. The Labute approximate surface area is 92.9 Å². The van der Waals surface area contributed by atoms with Crippen molar-refractivity contribution in [3.63, 3.8) is 0 Å². The van der Waals surface area contributed by atoms with Crippen LogP contribution in [0.3, 0.4) is 0 Å². The van der Waals surface area contributed by atoms with E-state index in [-0.39, 0.29) is 0 Å². The van der Waals surface area contributed by atoms with Gasteiger partial charge in [-0.25, -0.2) is 0 Å². The van der Waals surface area contributed by atoms with Crippen molar-refractivity contribution in [2.24, 2.45) is 16.6 Å². The monoisotopic (exact) mass is 212 g/mol. The molecule has 0 radical (unpaired) electrons. The lowest BCUT2D eigenvalue weighted by Gasteiger charge is -2.26. The van der Waals surface area contributed by atoms with E-state index in [2.05, 4.69) is 29.1 Å². The minimum absolute atomic E-state index is 0.548. The fraction of sp³-hybridized carbons (Fsp3) is 0.909. The van der Waals surface area contributed by atoms with Gasteiger partial charge in [-0.15, -0.1) is 0 Å². The fourth-order valence-electron chi connectivity index (χ4n) is 2.14. The average molecular weight is 212 g/mol. The van der Waals surface area contributed by atoms with Crippen LogP contribution >= 0.6 is 0 Å². The molecular weight excluding hydrogens is 188 g/mol. The van der Waals surface area contributed by atoms with Gasteiger partial charge in [-0.2, -0.15) is 0 Å². The van der Waals surface area contributed by atoms with Crippen LogP contribution in [-0.2, 0) is 0 Å². The Morgan fingerprint density at radius 1 is 1.60 bits per heavy atom.